The number of carbonyl (C=O) groups excluding carboxylic acids is 2. The highest BCUT2D eigenvalue weighted by atomic mass is 31.2. The molecule has 0 spiro atoms. The number of phosphoric ester groups is 1. The molecule has 1 aliphatic rings. The Bertz CT molecular complexity index is 1080. The Balaban J connectivity index is 2.44. The predicted molar refractivity (Wildman–Crippen MR) is 203 cm³/mol. The van der Waals surface area contributed by atoms with Crippen LogP contribution in [0, 0.1) is 0 Å². The van der Waals surface area contributed by atoms with E-state index >= 15 is 0 Å². The van der Waals surface area contributed by atoms with Gasteiger partial charge >= 0.3 is 19.8 Å². The summed E-state index contributed by atoms with van der Waals surface area (Å²) in [6.45, 7) is 3.12. The van der Waals surface area contributed by atoms with E-state index in [0.29, 0.717) is 12.8 Å². The van der Waals surface area contributed by atoms with Crippen LogP contribution in [0.1, 0.15) is 142 Å². The molecule has 0 aromatic heterocycles. The number of esters is 2. The third-order valence-corrected chi connectivity index (χ3v) is 9.97. The van der Waals surface area contributed by atoms with Crippen LogP contribution in [0.25, 0.3) is 0 Å². The standard InChI is InChI=1S/C39H69O13P/c1-3-5-7-9-10-11-12-13-14-15-16-17-18-19-20-21-22-24-26-28-33(41)51-31(29-49-32(40)27-25-23-8-6-4-2)30-50-53(47,48)52-39-37(45)35(43)34(42)36(44)38(39)46/h10-11,13-14,16-17,31,34-39,42-46H,3-9,12,15,18-30H2,1-2H3,(H,47,48)/b11-10-,14-13-,17-16-. The third kappa shape index (κ3) is 23.6. The van der Waals surface area contributed by atoms with E-state index in [9.17, 15) is 44.6 Å². The fourth-order valence-corrected chi connectivity index (χ4v) is 6.68. The van der Waals surface area contributed by atoms with E-state index in [1.807, 2.05) is 0 Å². The molecule has 308 valence electrons. The quantitative estimate of drug-likeness (QED) is 0.0199. The van der Waals surface area contributed by atoms with Gasteiger partial charge in [-0.3, -0.25) is 18.6 Å². The van der Waals surface area contributed by atoms with Crippen LogP contribution in [0.3, 0.4) is 0 Å². The Morgan fingerprint density at radius 2 is 1.02 bits per heavy atom. The second-order valence-electron chi connectivity index (χ2n) is 13.8. The summed E-state index contributed by atoms with van der Waals surface area (Å²) in [6.07, 6.45) is 18.4. The molecule has 14 heteroatoms. The number of carbonyl (C=O) groups is 2. The summed E-state index contributed by atoms with van der Waals surface area (Å²) in [5.74, 6) is -1.13. The Kier molecular flexibility index (Phi) is 28.1. The molecular formula is C39H69O13P. The average Bonchev–Trinajstić information content (AvgIpc) is 3.13. The molecule has 0 aliphatic heterocycles. The van der Waals surface area contributed by atoms with Crippen LogP contribution in [-0.2, 0) is 32.7 Å². The van der Waals surface area contributed by atoms with Gasteiger partial charge in [0.25, 0.3) is 0 Å². The number of aliphatic hydroxyl groups excluding tert-OH is 5. The van der Waals surface area contributed by atoms with Crippen molar-refractivity contribution < 1.29 is 63.1 Å². The number of phosphoric acid groups is 1. The average molecular weight is 777 g/mol. The van der Waals surface area contributed by atoms with Crippen molar-refractivity contribution >= 4 is 19.8 Å². The number of unbranched alkanes of at least 4 members (excludes halogenated alkanes) is 13. The summed E-state index contributed by atoms with van der Waals surface area (Å²) < 4.78 is 33.1. The van der Waals surface area contributed by atoms with Crippen molar-refractivity contribution in [2.75, 3.05) is 13.2 Å². The zero-order valence-corrected chi connectivity index (χ0v) is 32.9. The van der Waals surface area contributed by atoms with Crippen LogP contribution >= 0.6 is 7.82 Å². The lowest BCUT2D eigenvalue weighted by molar-refractivity contribution is -0.220. The van der Waals surface area contributed by atoms with Crippen molar-refractivity contribution in [2.24, 2.45) is 0 Å². The van der Waals surface area contributed by atoms with Gasteiger partial charge < -0.3 is 39.9 Å². The van der Waals surface area contributed by atoms with Gasteiger partial charge in [0.15, 0.2) is 6.10 Å². The van der Waals surface area contributed by atoms with Crippen molar-refractivity contribution in [1.82, 2.24) is 0 Å². The van der Waals surface area contributed by atoms with Crippen molar-refractivity contribution in [3.63, 3.8) is 0 Å². The number of allylic oxidation sites excluding steroid dienone is 6. The van der Waals surface area contributed by atoms with Crippen LogP contribution in [0.5, 0.6) is 0 Å². The number of hydrogen-bond acceptors (Lipinski definition) is 12. The lowest BCUT2D eigenvalue weighted by atomic mass is 9.85. The zero-order chi connectivity index (χ0) is 39.3. The maximum atomic E-state index is 12.7. The Morgan fingerprint density at radius 1 is 0.585 bits per heavy atom. The molecule has 6 unspecified atom stereocenters. The Morgan fingerprint density at radius 3 is 1.58 bits per heavy atom. The monoisotopic (exact) mass is 776 g/mol. The Hall–Kier alpha value is -1.93. The summed E-state index contributed by atoms with van der Waals surface area (Å²) >= 11 is 0. The van der Waals surface area contributed by atoms with Gasteiger partial charge in [-0.25, -0.2) is 4.57 Å². The van der Waals surface area contributed by atoms with Crippen molar-refractivity contribution in [2.45, 2.75) is 185 Å². The van der Waals surface area contributed by atoms with E-state index in [1.54, 1.807) is 0 Å². The molecule has 0 radical (unpaired) electrons. The zero-order valence-electron chi connectivity index (χ0n) is 32.1. The minimum atomic E-state index is -5.10. The van der Waals surface area contributed by atoms with Gasteiger partial charge in [0.1, 0.15) is 43.2 Å². The van der Waals surface area contributed by atoms with Gasteiger partial charge in [-0.15, -0.1) is 0 Å². The summed E-state index contributed by atoms with van der Waals surface area (Å²) in [4.78, 5) is 35.2. The minimum Gasteiger partial charge on any atom is -0.462 e. The van der Waals surface area contributed by atoms with E-state index in [-0.39, 0.29) is 12.8 Å². The fraction of sp³-hybridized carbons (Fsp3) is 0.795. The van der Waals surface area contributed by atoms with E-state index in [1.165, 1.54) is 19.3 Å². The number of ether oxygens (including phenoxy) is 2. The highest BCUT2D eigenvalue weighted by Crippen LogP contribution is 2.47. The predicted octanol–water partition coefficient (Wildman–Crippen LogP) is 6.27. The first-order chi connectivity index (χ1) is 25.4. The summed E-state index contributed by atoms with van der Waals surface area (Å²) in [5.41, 5.74) is 0. The van der Waals surface area contributed by atoms with Gasteiger partial charge in [-0.05, 0) is 51.4 Å². The molecular weight excluding hydrogens is 707 g/mol. The largest absolute Gasteiger partial charge is 0.472 e. The van der Waals surface area contributed by atoms with Crippen molar-refractivity contribution in [1.29, 1.82) is 0 Å². The van der Waals surface area contributed by atoms with E-state index in [4.69, 9.17) is 18.5 Å². The van der Waals surface area contributed by atoms with Crippen LogP contribution in [0.4, 0.5) is 0 Å². The highest BCUT2D eigenvalue weighted by Gasteiger charge is 2.51. The lowest BCUT2D eigenvalue weighted by Crippen LogP contribution is -2.64. The first-order valence-electron chi connectivity index (χ1n) is 19.8. The fourth-order valence-electron chi connectivity index (χ4n) is 5.70. The summed E-state index contributed by atoms with van der Waals surface area (Å²) in [5, 5.41) is 49.8. The molecule has 0 amide bonds. The minimum absolute atomic E-state index is 0.0820. The third-order valence-electron chi connectivity index (χ3n) is 8.98. The first-order valence-corrected chi connectivity index (χ1v) is 21.3. The van der Waals surface area contributed by atoms with Gasteiger partial charge in [0, 0.05) is 12.8 Å². The smallest absolute Gasteiger partial charge is 0.462 e. The van der Waals surface area contributed by atoms with Crippen LogP contribution < -0.4 is 0 Å². The molecule has 0 aromatic rings. The molecule has 1 fully saturated rings. The van der Waals surface area contributed by atoms with Crippen LogP contribution in [-0.4, -0.2) is 98.3 Å². The SMILES string of the molecule is CCCCC/C=C\C/C=C\C/C=C\CCCCCCCCC(=O)OC(COC(=O)CCCCCCC)COP(=O)(O)OC1C(O)C(O)C(O)C(O)C1O. The van der Waals surface area contributed by atoms with Gasteiger partial charge in [-0.1, -0.05) is 115 Å². The molecule has 1 aliphatic carbocycles. The lowest BCUT2D eigenvalue weighted by Gasteiger charge is -2.41. The molecule has 13 nitrogen and oxygen atoms in total. The van der Waals surface area contributed by atoms with Gasteiger partial charge in [0.05, 0.1) is 6.61 Å². The van der Waals surface area contributed by atoms with Gasteiger partial charge in [-0.2, -0.15) is 0 Å². The highest BCUT2D eigenvalue weighted by molar-refractivity contribution is 7.47. The molecule has 1 rings (SSSR count). The molecule has 0 saturated heterocycles. The molecule has 1 saturated carbocycles. The Labute approximate surface area is 317 Å². The molecule has 0 heterocycles. The summed E-state index contributed by atoms with van der Waals surface area (Å²) in [7, 11) is -5.10. The van der Waals surface area contributed by atoms with Crippen molar-refractivity contribution in [3.05, 3.63) is 36.5 Å². The number of aliphatic hydroxyl groups is 5. The van der Waals surface area contributed by atoms with E-state index < -0.39 is 75.7 Å². The first kappa shape index (κ1) is 49.1. The van der Waals surface area contributed by atoms with Crippen LogP contribution in [0.2, 0.25) is 0 Å². The molecule has 0 aromatic carbocycles. The topological polar surface area (TPSA) is 210 Å². The maximum absolute atomic E-state index is 12.7. The number of hydrogen-bond donors (Lipinski definition) is 6. The van der Waals surface area contributed by atoms with E-state index in [0.717, 1.165) is 83.5 Å². The van der Waals surface area contributed by atoms with Crippen LogP contribution in [0.15, 0.2) is 36.5 Å². The summed E-state index contributed by atoms with van der Waals surface area (Å²) in [6, 6.07) is 0. The molecule has 53 heavy (non-hydrogen) atoms. The van der Waals surface area contributed by atoms with Gasteiger partial charge in [0.2, 0.25) is 0 Å². The molecule has 6 atom stereocenters. The molecule has 0 bridgehead atoms. The number of rotatable bonds is 31. The van der Waals surface area contributed by atoms with Crippen molar-refractivity contribution in [3.8, 4) is 0 Å². The second kappa shape index (κ2) is 30.3. The van der Waals surface area contributed by atoms with E-state index in [2.05, 4.69) is 50.3 Å². The molecule has 6 N–H and O–H groups in total. The second-order valence-corrected chi connectivity index (χ2v) is 15.2. The normalized spacial score (nSPS) is 23.8. The maximum Gasteiger partial charge on any atom is 0.472 e.